The SMILES string of the molecule is CC(=O)CCc1c(C)c(OC(C)=O)c(C)c(C)c1OCCCCC(=O)O. The number of rotatable bonds is 10. The molecule has 0 unspecified atom stereocenters. The van der Waals surface area contributed by atoms with Gasteiger partial charge in [0, 0.05) is 25.3 Å². The van der Waals surface area contributed by atoms with Gasteiger partial charge in [-0.25, -0.2) is 0 Å². The largest absolute Gasteiger partial charge is 0.493 e. The Kier molecular flexibility index (Phi) is 8.29. The van der Waals surface area contributed by atoms with Crippen LogP contribution in [0.2, 0.25) is 0 Å². The van der Waals surface area contributed by atoms with Gasteiger partial charge in [-0.1, -0.05) is 0 Å². The summed E-state index contributed by atoms with van der Waals surface area (Å²) in [6.07, 6.45) is 2.16. The van der Waals surface area contributed by atoms with Crippen LogP contribution in [-0.4, -0.2) is 29.4 Å². The number of carbonyl (C=O) groups excluding carboxylic acids is 2. The fourth-order valence-corrected chi connectivity index (χ4v) is 2.80. The Bertz CT molecular complexity index is 690. The monoisotopic (exact) mass is 364 g/mol. The van der Waals surface area contributed by atoms with E-state index in [0.717, 1.165) is 22.3 Å². The second-order valence-corrected chi connectivity index (χ2v) is 6.51. The molecule has 0 radical (unpaired) electrons. The number of aliphatic carboxylic acids is 1. The second kappa shape index (κ2) is 9.94. The summed E-state index contributed by atoms with van der Waals surface area (Å²) in [6.45, 7) is 8.91. The highest BCUT2D eigenvalue weighted by molar-refractivity contribution is 5.76. The highest BCUT2D eigenvalue weighted by Crippen LogP contribution is 2.38. The molecule has 0 heterocycles. The summed E-state index contributed by atoms with van der Waals surface area (Å²) < 4.78 is 11.3. The van der Waals surface area contributed by atoms with Gasteiger partial charge in [-0.2, -0.15) is 0 Å². The lowest BCUT2D eigenvalue weighted by atomic mass is 9.94. The topological polar surface area (TPSA) is 89.9 Å². The Labute approximate surface area is 154 Å². The van der Waals surface area contributed by atoms with Crippen LogP contribution < -0.4 is 9.47 Å². The number of carboxylic acid groups (broad SMARTS) is 1. The molecule has 1 aromatic rings. The van der Waals surface area contributed by atoms with Crippen LogP contribution >= 0.6 is 0 Å². The van der Waals surface area contributed by atoms with Gasteiger partial charge in [0.05, 0.1) is 6.61 Å². The maximum atomic E-state index is 11.4. The number of benzene rings is 1. The molecule has 0 bridgehead atoms. The first-order valence-corrected chi connectivity index (χ1v) is 8.80. The van der Waals surface area contributed by atoms with Crippen molar-refractivity contribution in [2.75, 3.05) is 6.61 Å². The third-order valence-corrected chi connectivity index (χ3v) is 4.32. The van der Waals surface area contributed by atoms with E-state index in [1.165, 1.54) is 13.8 Å². The van der Waals surface area contributed by atoms with Crippen molar-refractivity contribution in [3.63, 3.8) is 0 Å². The fourth-order valence-electron chi connectivity index (χ4n) is 2.80. The molecule has 1 N–H and O–H groups in total. The zero-order valence-corrected chi connectivity index (χ0v) is 16.2. The molecule has 144 valence electrons. The van der Waals surface area contributed by atoms with E-state index in [1.807, 2.05) is 20.8 Å². The van der Waals surface area contributed by atoms with E-state index in [2.05, 4.69) is 0 Å². The quantitative estimate of drug-likeness (QED) is 0.387. The van der Waals surface area contributed by atoms with E-state index < -0.39 is 11.9 Å². The predicted molar refractivity (Wildman–Crippen MR) is 97.9 cm³/mol. The van der Waals surface area contributed by atoms with Gasteiger partial charge in [-0.15, -0.1) is 0 Å². The van der Waals surface area contributed by atoms with E-state index in [-0.39, 0.29) is 12.2 Å². The lowest BCUT2D eigenvalue weighted by molar-refractivity contribution is -0.137. The Hall–Kier alpha value is -2.37. The van der Waals surface area contributed by atoms with Crippen LogP contribution in [-0.2, 0) is 20.8 Å². The molecule has 0 aliphatic heterocycles. The van der Waals surface area contributed by atoms with Crippen molar-refractivity contribution in [1.82, 2.24) is 0 Å². The summed E-state index contributed by atoms with van der Waals surface area (Å²) in [5.41, 5.74) is 3.34. The third-order valence-electron chi connectivity index (χ3n) is 4.32. The summed E-state index contributed by atoms with van der Waals surface area (Å²) >= 11 is 0. The molecule has 0 spiro atoms. The molecule has 0 aliphatic carbocycles. The minimum atomic E-state index is -0.819. The minimum Gasteiger partial charge on any atom is -0.493 e. The number of Topliss-reactive ketones (excluding diaryl/α,β-unsaturated/α-hetero) is 1. The van der Waals surface area contributed by atoms with E-state index >= 15 is 0 Å². The van der Waals surface area contributed by atoms with Gasteiger partial charge in [0.2, 0.25) is 0 Å². The van der Waals surface area contributed by atoms with Gasteiger partial charge in [-0.3, -0.25) is 9.59 Å². The first-order valence-electron chi connectivity index (χ1n) is 8.80. The van der Waals surface area contributed by atoms with Crippen molar-refractivity contribution >= 4 is 17.7 Å². The standard InChI is InChI=1S/C20H28O6/c1-12(21)9-10-17-15(4)19(26-16(5)22)13(2)14(3)20(17)25-11-7-6-8-18(23)24/h6-11H2,1-5H3,(H,23,24). The van der Waals surface area contributed by atoms with Crippen molar-refractivity contribution in [1.29, 1.82) is 0 Å². The highest BCUT2D eigenvalue weighted by atomic mass is 16.5. The van der Waals surface area contributed by atoms with Crippen molar-refractivity contribution in [2.45, 2.75) is 66.7 Å². The third kappa shape index (κ3) is 6.17. The predicted octanol–water partition coefficient (Wildman–Crippen LogP) is 3.69. The van der Waals surface area contributed by atoms with Crippen molar-refractivity contribution in [3.8, 4) is 11.5 Å². The average Bonchev–Trinajstić information content (AvgIpc) is 2.54. The van der Waals surface area contributed by atoms with Gasteiger partial charge >= 0.3 is 11.9 Å². The number of ether oxygens (including phenoxy) is 2. The maximum absolute atomic E-state index is 11.4. The van der Waals surface area contributed by atoms with Crippen LogP contribution in [0.3, 0.4) is 0 Å². The Balaban J connectivity index is 3.13. The Morgan fingerprint density at radius 3 is 2.04 bits per heavy atom. The number of ketones is 1. The van der Waals surface area contributed by atoms with Gasteiger partial charge < -0.3 is 19.4 Å². The minimum absolute atomic E-state index is 0.0732. The zero-order valence-electron chi connectivity index (χ0n) is 16.2. The normalized spacial score (nSPS) is 10.5. The van der Waals surface area contributed by atoms with E-state index in [9.17, 15) is 14.4 Å². The molecule has 0 aliphatic rings. The van der Waals surface area contributed by atoms with Crippen LogP contribution in [0.25, 0.3) is 0 Å². The molecule has 0 saturated carbocycles. The number of hydrogen-bond acceptors (Lipinski definition) is 5. The average molecular weight is 364 g/mol. The summed E-state index contributed by atoms with van der Waals surface area (Å²) in [5, 5.41) is 8.70. The van der Waals surface area contributed by atoms with Crippen LogP contribution in [0, 0.1) is 20.8 Å². The van der Waals surface area contributed by atoms with Crippen molar-refractivity contribution in [3.05, 3.63) is 22.3 Å². The summed E-state index contributed by atoms with van der Waals surface area (Å²) in [6, 6.07) is 0. The van der Waals surface area contributed by atoms with Gasteiger partial charge in [0.1, 0.15) is 17.3 Å². The molecule has 0 fully saturated rings. The van der Waals surface area contributed by atoms with Crippen LogP contribution in [0.4, 0.5) is 0 Å². The number of carboxylic acids is 1. The smallest absolute Gasteiger partial charge is 0.308 e. The molecule has 1 rings (SSSR count). The van der Waals surface area contributed by atoms with Gasteiger partial charge in [0.25, 0.3) is 0 Å². The van der Waals surface area contributed by atoms with E-state index in [1.54, 1.807) is 0 Å². The molecule has 6 nitrogen and oxygen atoms in total. The maximum Gasteiger partial charge on any atom is 0.308 e. The molecule has 0 aromatic heterocycles. The number of esters is 1. The van der Waals surface area contributed by atoms with Crippen LogP contribution in [0.15, 0.2) is 0 Å². The van der Waals surface area contributed by atoms with Crippen molar-refractivity contribution in [2.24, 2.45) is 0 Å². The summed E-state index contributed by atoms with van der Waals surface area (Å²) in [5.74, 6) is 0.0829. The number of carbonyl (C=O) groups is 3. The zero-order chi connectivity index (χ0) is 19.9. The molecule has 0 atom stereocenters. The highest BCUT2D eigenvalue weighted by Gasteiger charge is 2.21. The molecule has 0 saturated heterocycles. The van der Waals surface area contributed by atoms with Crippen LogP contribution in [0.1, 0.15) is 61.8 Å². The Morgan fingerprint density at radius 2 is 1.50 bits per heavy atom. The second-order valence-electron chi connectivity index (χ2n) is 6.51. The van der Waals surface area contributed by atoms with E-state index in [0.29, 0.717) is 43.8 Å². The first kappa shape index (κ1) is 21.7. The first-order chi connectivity index (χ1) is 12.1. The molecular formula is C20H28O6. The van der Waals surface area contributed by atoms with Gasteiger partial charge in [0.15, 0.2) is 0 Å². The Morgan fingerprint density at radius 1 is 0.885 bits per heavy atom. The van der Waals surface area contributed by atoms with Gasteiger partial charge in [-0.05, 0) is 63.6 Å². The molecule has 6 heteroatoms. The molecular weight excluding hydrogens is 336 g/mol. The summed E-state index contributed by atoms with van der Waals surface area (Å²) in [4.78, 5) is 33.5. The number of unbranched alkanes of at least 4 members (excludes halogenated alkanes) is 1. The summed E-state index contributed by atoms with van der Waals surface area (Å²) in [7, 11) is 0. The lowest BCUT2D eigenvalue weighted by Crippen LogP contribution is -2.11. The van der Waals surface area contributed by atoms with Crippen molar-refractivity contribution < 1.29 is 29.0 Å². The van der Waals surface area contributed by atoms with Crippen LogP contribution in [0.5, 0.6) is 11.5 Å². The molecule has 0 amide bonds. The molecule has 1 aromatic carbocycles. The fraction of sp³-hybridized carbons (Fsp3) is 0.550. The number of hydrogen-bond donors (Lipinski definition) is 1. The molecule has 26 heavy (non-hydrogen) atoms. The lowest BCUT2D eigenvalue weighted by Gasteiger charge is -2.21. The van der Waals surface area contributed by atoms with E-state index in [4.69, 9.17) is 14.6 Å².